The smallest absolute Gasteiger partial charge is 0.181 e. The summed E-state index contributed by atoms with van der Waals surface area (Å²) in [5.74, 6) is 0. The molecule has 1 nitrogen and oxygen atoms in total. The fraction of sp³-hybridized carbons (Fsp3) is 0. The molecule has 0 fully saturated rings. The zero-order valence-corrected chi connectivity index (χ0v) is 6.85. The Bertz CT molecular complexity index is 12.8. The Hall–Kier alpha value is 1.87. The van der Waals surface area contributed by atoms with Crippen LogP contribution in [0.2, 0.25) is 0 Å². The van der Waals surface area contributed by atoms with E-state index < -0.39 is 0 Å². The van der Waals surface area contributed by atoms with E-state index >= 15 is 0 Å². The van der Waals surface area contributed by atoms with Crippen molar-refractivity contribution in [1.29, 1.82) is 5.26 Å². The first-order valence-electron chi connectivity index (χ1n) is 0.224. The molecule has 0 unspecified atom stereocenters. The van der Waals surface area contributed by atoms with Gasteiger partial charge in [0.2, 0.25) is 0 Å². The maximum Gasteiger partial charge on any atom is 0.181 e. The predicted octanol–water partition coefficient (Wildman–Crippen LogP) is -0.287. The molecular formula is CAgKN. The summed E-state index contributed by atoms with van der Waals surface area (Å²) in [5, 5.41) is 6.25. The second-order valence-electron chi connectivity index (χ2n) is 0. The van der Waals surface area contributed by atoms with Gasteiger partial charge in [0, 0.05) is 73.8 Å². The second kappa shape index (κ2) is 20.9. The SMILES string of the molecule is [Ag].[C]#N.[K]. The van der Waals surface area contributed by atoms with Crippen LogP contribution in [0, 0.1) is 11.8 Å². The Morgan fingerprint density at radius 1 is 1.25 bits per heavy atom. The van der Waals surface area contributed by atoms with Gasteiger partial charge in [-0.2, -0.15) is 5.26 Å². The number of hydrogen-bond donors (Lipinski definition) is 0. The third-order valence-electron chi connectivity index (χ3n) is 0. The van der Waals surface area contributed by atoms with Crippen molar-refractivity contribution in [3.05, 3.63) is 6.57 Å². The summed E-state index contributed by atoms with van der Waals surface area (Å²) >= 11 is 0. The van der Waals surface area contributed by atoms with Crippen LogP contribution in [0.1, 0.15) is 0 Å². The molecule has 0 aromatic rings. The topological polar surface area (TPSA) is 23.8 Å². The Labute approximate surface area is 83.7 Å². The molecule has 0 aliphatic heterocycles. The zero-order chi connectivity index (χ0) is 2.00. The van der Waals surface area contributed by atoms with Crippen LogP contribution in [0.25, 0.3) is 0 Å². The van der Waals surface area contributed by atoms with Gasteiger partial charge in [-0.1, -0.05) is 0 Å². The van der Waals surface area contributed by atoms with Crippen LogP contribution in [-0.4, -0.2) is 51.4 Å². The van der Waals surface area contributed by atoms with Crippen LogP contribution >= 0.6 is 0 Å². The van der Waals surface area contributed by atoms with E-state index in [2.05, 4.69) is 0 Å². The molecule has 0 N–H and O–H groups in total. The van der Waals surface area contributed by atoms with Gasteiger partial charge in [-0.25, -0.2) is 0 Å². The van der Waals surface area contributed by atoms with Gasteiger partial charge in [-0.3, -0.25) is 0 Å². The minimum absolute atomic E-state index is 0. The molecule has 0 aliphatic rings. The van der Waals surface area contributed by atoms with Crippen LogP contribution in [-0.2, 0) is 22.4 Å². The molecule has 0 spiro atoms. The number of rotatable bonds is 0. The first kappa shape index (κ1) is 16.9. The Balaban J connectivity index is -0.00000000500. The molecule has 0 bridgehead atoms. The summed E-state index contributed by atoms with van der Waals surface area (Å²) in [5.41, 5.74) is 0. The Morgan fingerprint density at radius 3 is 1.25 bits per heavy atom. The summed E-state index contributed by atoms with van der Waals surface area (Å²) < 4.78 is 0. The standard InChI is InChI=1S/CN.Ag.K/c1-2;;. The molecule has 0 aromatic carbocycles. The fourth-order valence-corrected chi connectivity index (χ4v) is 0. The van der Waals surface area contributed by atoms with Gasteiger partial charge in [0.1, 0.15) is 0 Å². The van der Waals surface area contributed by atoms with Gasteiger partial charge < -0.3 is 0 Å². The van der Waals surface area contributed by atoms with Crippen molar-refractivity contribution >= 4 is 51.4 Å². The maximum absolute atomic E-state index is 6.25. The molecule has 4 heavy (non-hydrogen) atoms. The fourth-order valence-electron chi connectivity index (χ4n) is 0. The van der Waals surface area contributed by atoms with Crippen molar-refractivity contribution in [2.45, 2.75) is 0 Å². The average Bonchev–Trinajstić information content (AvgIpc) is 1.00. The summed E-state index contributed by atoms with van der Waals surface area (Å²) in [4.78, 5) is 0. The van der Waals surface area contributed by atoms with Crippen LogP contribution in [0.3, 0.4) is 0 Å². The van der Waals surface area contributed by atoms with E-state index in [-0.39, 0.29) is 73.8 Å². The molecule has 0 aliphatic carbocycles. The van der Waals surface area contributed by atoms with Crippen molar-refractivity contribution in [2.75, 3.05) is 0 Å². The van der Waals surface area contributed by atoms with Gasteiger partial charge in [0.05, 0.1) is 0 Å². The summed E-state index contributed by atoms with van der Waals surface area (Å²) in [6.07, 6.45) is 0. The molecule has 0 saturated heterocycles. The van der Waals surface area contributed by atoms with Crippen molar-refractivity contribution in [2.24, 2.45) is 0 Å². The van der Waals surface area contributed by atoms with Crippen molar-refractivity contribution in [3.8, 4) is 0 Å². The zero-order valence-electron chi connectivity index (χ0n) is 2.25. The van der Waals surface area contributed by atoms with Crippen LogP contribution in [0.5, 0.6) is 0 Å². The van der Waals surface area contributed by atoms with Crippen LogP contribution < -0.4 is 0 Å². The normalized spacial score (nSPS) is 0.500. The van der Waals surface area contributed by atoms with Gasteiger partial charge in [-0.05, 0) is 0 Å². The third-order valence-corrected chi connectivity index (χ3v) is 0. The van der Waals surface area contributed by atoms with E-state index in [0.29, 0.717) is 0 Å². The first-order valence-corrected chi connectivity index (χ1v) is 0.224. The Kier molecular flexibility index (Phi) is 88.3. The minimum Gasteiger partial charge on any atom is -0.181 e. The van der Waals surface area contributed by atoms with E-state index in [1.54, 1.807) is 0 Å². The molecule has 0 saturated carbocycles. The Morgan fingerprint density at radius 2 is 1.25 bits per heavy atom. The van der Waals surface area contributed by atoms with E-state index in [9.17, 15) is 0 Å². The first-order chi connectivity index (χ1) is 1.00. The van der Waals surface area contributed by atoms with Gasteiger partial charge in [0.25, 0.3) is 0 Å². The summed E-state index contributed by atoms with van der Waals surface area (Å²) in [6, 6.07) is 0. The molecule has 3 radical (unpaired) electrons. The monoisotopic (exact) mass is 172 g/mol. The van der Waals surface area contributed by atoms with E-state index in [1.807, 2.05) is 0 Å². The quantitative estimate of drug-likeness (QED) is 0.462. The molecule has 0 aromatic heterocycles. The van der Waals surface area contributed by atoms with Gasteiger partial charge >= 0.3 is 0 Å². The van der Waals surface area contributed by atoms with E-state index in [0.717, 1.165) is 0 Å². The molecule has 0 rings (SSSR count). The molecular weight excluding hydrogens is 173 g/mol. The largest absolute Gasteiger partial charge is 0.181 e. The van der Waals surface area contributed by atoms with Crippen molar-refractivity contribution in [3.63, 3.8) is 0 Å². The van der Waals surface area contributed by atoms with Crippen LogP contribution in [0.15, 0.2) is 0 Å². The van der Waals surface area contributed by atoms with Gasteiger partial charge in [-0.15, -0.1) is 0 Å². The van der Waals surface area contributed by atoms with E-state index in [4.69, 9.17) is 11.8 Å². The van der Waals surface area contributed by atoms with Crippen LogP contribution in [0.4, 0.5) is 0 Å². The molecule has 0 atom stereocenters. The third kappa shape index (κ3) is 9.12. The van der Waals surface area contributed by atoms with E-state index in [1.165, 1.54) is 0 Å². The summed E-state index contributed by atoms with van der Waals surface area (Å²) in [7, 11) is 0. The minimum atomic E-state index is 0. The maximum atomic E-state index is 6.25. The molecule has 0 amide bonds. The summed E-state index contributed by atoms with van der Waals surface area (Å²) in [6.45, 7) is 4.75. The molecule has 3 heteroatoms. The van der Waals surface area contributed by atoms with Crippen molar-refractivity contribution < 1.29 is 22.4 Å². The molecule has 0 heterocycles. The molecule has 21 valence electrons. The number of hydrogen-bond acceptors (Lipinski definition) is 1. The number of nitrogens with zero attached hydrogens (tertiary/aromatic N) is 1. The average molecular weight is 173 g/mol. The second-order valence-corrected chi connectivity index (χ2v) is 0. The van der Waals surface area contributed by atoms with Crippen molar-refractivity contribution in [1.82, 2.24) is 0 Å². The predicted molar refractivity (Wildman–Crippen MR) is 10.7 cm³/mol. The van der Waals surface area contributed by atoms with Gasteiger partial charge in [0.15, 0.2) is 6.57 Å².